The van der Waals surface area contributed by atoms with Crippen LogP contribution in [0.2, 0.25) is 0 Å². The van der Waals surface area contributed by atoms with Gasteiger partial charge >= 0.3 is 15.5 Å². The molecule has 2 rings (SSSR count). The molecule has 0 spiro atoms. The second-order valence-corrected chi connectivity index (χ2v) is 9.11. The maximum atomic E-state index is 12.6. The van der Waals surface area contributed by atoms with Gasteiger partial charge in [0, 0.05) is 39.3 Å². The lowest BCUT2D eigenvalue weighted by atomic mass is 9.98. The second-order valence-electron chi connectivity index (χ2n) is 7.18. The molecule has 0 aliphatic carbocycles. The van der Waals surface area contributed by atoms with Crippen LogP contribution in [0.4, 0.5) is 13.2 Å². The van der Waals surface area contributed by atoms with Gasteiger partial charge in [0.15, 0.2) is 5.96 Å². The molecular weight excluding hydrogens is 496 g/mol. The third-order valence-electron chi connectivity index (χ3n) is 5.00. The summed E-state index contributed by atoms with van der Waals surface area (Å²) in [5, 5.41) is 3.29. The molecule has 1 N–H and O–H groups in total. The number of nitrogens with zero attached hydrogens (tertiary/aromatic N) is 3. The smallest absolute Gasteiger partial charge is 0.357 e. The highest BCUT2D eigenvalue weighted by Gasteiger charge is 2.50. The minimum Gasteiger partial charge on any atom is -0.357 e. The molecule has 0 radical (unpaired) electrons. The predicted molar refractivity (Wildman–Crippen MR) is 111 cm³/mol. The van der Waals surface area contributed by atoms with Crippen molar-refractivity contribution in [2.45, 2.75) is 45.0 Å². The molecule has 2 aliphatic heterocycles. The molecule has 160 valence electrons. The van der Waals surface area contributed by atoms with Gasteiger partial charge in [-0.2, -0.15) is 17.5 Å². The summed E-state index contributed by atoms with van der Waals surface area (Å²) < 4.78 is 61.3. The zero-order valence-corrected chi connectivity index (χ0v) is 19.0. The van der Waals surface area contributed by atoms with E-state index in [1.807, 2.05) is 6.92 Å². The molecule has 0 saturated carbocycles. The number of nitrogens with one attached hydrogen (secondary N) is 1. The second kappa shape index (κ2) is 10.5. The van der Waals surface area contributed by atoms with Gasteiger partial charge < -0.3 is 10.2 Å². The van der Waals surface area contributed by atoms with Gasteiger partial charge in [0.1, 0.15) is 0 Å². The third-order valence-corrected chi connectivity index (χ3v) is 6.63. The largest absolute Gasteiger partial charge is 0.511 e. The average molecular weight is 526 g/mol. The molecule has 6 nitrogen and oxygen atoms in total. The van der Waals surface area contributed by atoms with Crippen molar-refractivity contribution >= 4 is 40.0 Å². The summed E-state index contributed by atoms with van der Waals surface area (Å²) in [7, 11) is -5.21. The van der Waals surface area contributed by atoms with E-state index in [1.165, 1.54) is 6.42 Å². The Morgan fingerprint density at radius 3 is 2.33 bits per heavy atom. The Morgan fingerprint density at radius 1 is 1.19 bits per heavy atom. The number of aliphatic imine (C=N–C) groups is 1. The minimum absolute atomic E-state index is 0. The lowest BCUT2D eigenvalue weighted by Crippen LogP contribution is -2.47. The van der Waals surface area contributed by atoms with Gasteiger partial charge in [-0.15, -0.1) is 24.0 Å². The summed E-state index contributed by atoms with van der Waals surface area (Å²) in [6.07, 6.45) is 3.13. The van der Waals surface area contributed by atoms with Gasteiger partial charge in [-0.25, -0.2) is 8.42 Å². The van der Waals surface area contributed by atoms with Crippen molar-refractivity contribution in [2.24, 2.45) is 16.8 Å². The SMILES string of the molecule is CCNC(=NCC1CCN(S(=O)(=O)C(F)(F)F)CC1)N1CCCC(C)C1.I. The fourth-order valence-corrected chi connectivity index (χ4v) is 4.49. The standard InChI is InChI=1S/C16H29F3N4O2S.HI/c1-3-20-15(22-8-4-5-13(2)12-22)21-11-14-6-9-23(10-7-14)26(24,25)16(17,18)19;/h13-14H,3-12H2,1-2H3,(H,20,21);1H. The number of sulfonamides is 1. The van der Waals surface area contributed by atoms with Gasteiger partial charge in [0.25, 0.3) is 0 Å². The number of rotatable bonds is 4. The van der Waals surface area contributed by atoms with Gasteiger partial charge in [-0.3, -0.25) is 4.99 Å². The van der Waals surface area contributed by atoms with Crippen molar-refractivity contribution in [1.29, 1.82) is 0 Å². The first-order valence-corrected chi connectivity index (χ1v) is 10.7. The highest BCUT2D eigenvalue weighted by Crippen LogP contribution is 2.30. The summed E-state index contributed by atoms with van der Waals surface area (Å²) in [6, 6.07) is 0. The molecule has 0 aromatic carbocycles. The topological polar surface area (TPSA) is 65.0 Å². The first-order valence-electron chi connectivity index (χ1n) is 9.24. The summed E-state index contributed by atoms with van der Waals surface area (Å²) in [4.78, 5) is 6.91. The molecule has 0 bridgehead atoms. The number of halogens is 4. The van der Waals surface area contributed by atoms with Crippen molar-refractivity contribution in [2.75, 3.05) is 39.3 Å². The van der Waals surface area contributed by atoms with Gasteiger partial charge in [-0.1, -0.05) is 6.92 Å². The fourth-order valence-electron chi connectivity index (χ4n) is 3.50. The molecule has 2 aliphatic rings. The van der Waals surface area contributed by atoms with Crippen LogP contribution in [0.15, 0.2) is 4.99 Å². The quantitative estimate of drug-likeness (QED) is 0.348. The van der Waals surface area contributed by atoms with Crippen LogP contribution >= 0.6 is 24.0 Å². The van der Waals surface area contributed by atoms with E-state index in [2.05, 4.69) is 22.1 Å². The lowest BCUT2D eigenvalue weighted by Gasteiger charge is -2.34. The molecule has 2 saturated heterocycles. The first kappa shape index (κ1) is 24.7. The Hall–Kier alpha value is -0.300. The molecule has 0 amide bonds. The van der Waals surface area contributed by atoms with Crippen molar-refractivity contribution < 1.29 is 21.6 Å². The number of hydrogen-bond donors (Lipinski definition) is 1. The molecular formula is C16H30F3IN4O2S. The average Bonchev–Trinajstić information content (AvgIpc) is 2.58. The highest BCUT2D eigenvalue weighted by atomic mass is 127. The lowest BCUT2D eigenvalue weighted by molar-refractivity contribution is -0.0496. The van der Waals surface area contributed by atoms with E-state index in [-0.39, 0.29) is 43.0 Å². The third kappa shape index (κ3) is 6.62. The zero-order chi connectivity index (χ0) is 19.4. The Bertz CT molecular complexity index is 593. The Kier molecular flexibility index (Phi) is 9.59. The number of guanidine groups is 1. The Balaban J connectivity index is 0.00000364. The monoisotopic (exact) mass is 526 g/mol. The van der Waals surface area contributed by atoms with Crippen LogP contribution in [0.25, 0.3) is 0 Å². The van der Waals surface area contributed by atoms with Crippen LogP contribution in [0, 0.1) is 11.8 Å². The molecule has 1 unspecified atom stereocenters. The maximum Gasteiger partial charge on any atom is 0.511 e. The Morgan fingerprint density at radius 2 is 1.81 bits per heavy atom. The molecule has 27 heavy (non-hydrogen) atoms. The van der Waals surface area contributed by atoms with E-state index in [4.69, 9.17) is 0 Å². The van der Waals surface area contributed by atoms with Crippen LogP contribution in [-0.2, 0) is 10.0 Å². The minimum atomic E-state index is -5.22. The van der Waals surface area contributed by atoms with Crippen LogP contribution in [-0.4, -0.2) is 68.4 Å². The van der Waals surface area contributed by atoms with Gasteiger partial charge in [0.2, 0.25) is 0 Å². The van der Waals surface area contributed by atoms with Crippen LogP contribution in [0.5, 0.6) is 0 Å². The van der Waals surface area contributed by atoms with Crippen LogP contribution < -0.4 is 5.32 Å². The van der Waals surface area contributed by atoms with Gasteiger partial charge in [-0.05, 0) is 44.4 Å². The summed E-state index contributed by atoms with van der Waals surface area (Å²) in [5.74, 6) is 1.57. The van der Waals surface area contributed by atoms with E-state index in [9.17, 15) is 21.6 Å². The normalized spacial score (nSPS) is 23.8. The van der Waals surface area contributed by atoms with Crippen LogP contribution in [0.1, 0.15) is 39.5 Å². The van der Waals surface area contributed by atoms with E-state index in [0.717, 1.165) is 32.0 Å². The van der Waals surface area contributed by atoms with Crippen molar-refractivity contribution in [1.82, 2.24) is 14.5 Å². The summed E-state index contributed by atoms with van der Waals surface area (Å²) in [6.45, 7) is 7.19. The molecule has 2 fully saturated rings. The van der Waals surface area contributed by atoms with Crippen molar-refractivity contribution in [3.63, 3.8) is 0 Å². The molecule has 2 heterocycles. The molecule has 0 aromatic rings. The number of likely N-dealkylation sites (tertiary alicyclic amines) is 1. The summed E-state index contributed by atoms with van der Waals surface area (Å²) in [5.41, 5.74) is -5.22. The summed E-state index contributed by atoms with van der Waals surface area (Å²) >= 11 is 0. The molecule has 11 heteroatoms. The van der Waals surface area contributed by atoms with E-state index in [0.29, 0.717) is 29.6 Å². The maximum absolute atomic E-state index is 12.6. The first-order chi connectivity index (χ1) is 12.1. The van der Waals surface area contributed by atoms with Crippen molar-refractivity contribution in [3.05, 3.63) is 0 Å². The zero-order valence-electron chi connectivity index (χ0n) is 15.8. The number of piperidine rings is 2. The number of alkyl halides is 3. The molecule has 0 aromatic heterocycles. The van der Waals surface area contributed by atoms with Gasteiger partial charge in [0.05, 0.1) is 0 Å². The Labute approximate surface area is 177 Å². The number of hydrogen-bond acceptors (Lipinski definition) is 3. The van der Waals surface area contributed by atoms with Crippen LogP contribution in [0.3, 0.4) is 0 Å². The van der Waals surface area contributed by atoms with E-state index >= 15 is 0 Å². The highest BCUT2D eigenvalue weighted by molar-refractivity contribution is 14.0. The van der Waals surface area contributed by atoms with E-state index in [1.54, 1.807) is 0 Å². The van der Waals surface area contributed by atoms with Crippen molar-refractivity contribution in [3.8, 4) is 0 Å². The predicted octanol–water partition coefficient (Wildman–Crippen LogP) is 2.86. The fraction of sp³-hybridized carbons (Fsp3) is 0.938. The van der Waals surface area contributed by atoms with E-state index < -0.39 is 15.5 Å². The molecule has 1 atom stereocenters.